The molecule has 0 amide bonds. The normalized spacial score (nSPS) is 16.4. The van der Waals surface area contributed by atoms with Gasteiger partial charge in [-0.3, -0.25) is 0 Å². The van der Waals surface area contributed by atoms with E-state index in [2.05, 4.69) is 0 Å². The lowest BCUT2D eigenvalue weighted by Gasteiger charge is -2.32. The fourth-order valence-electron chi connectivity index (χ4n) is 1.39. The summed E-state index contributed by atoms with van der Waals surface area (Å²) >= 11 is 0. The second-order valence-corrected chi connectivity index (χ2v) is 4.06. The van der Waals surface area contributed by atoms with Gasteiger partial charge in [-0.1, -0.05) is 12.1 Å². The maximum atomic E-state index is 13.4. The Morgan fingerprint density at radius 3 is 1.72 bits per heavy atom. The molecule has 0 spiro atoms. The van der Waals surface area contributed by atoms with Crippen molar-refractivity contribution in [3.05, 3.63) is 35.4 Å². The molecule has 1 rings (SSSR count). The van der Waals surface area contributed by atoms with Gasteiger partial charge in [0.2, 0.25) is 0 Å². The third-order valence-corrected chi connectivity index (χ3v) is 2.74. The first-order chi connectivity index (χ1) is 8.02. The quantitative estimate of drug-likeness (QED) is 0.828. The Morgan fingerprint density at radius 2 is 1.39 bits per heavy atom. The van der Waals surface area contributed by atoms with Crippen LogP contribution in [0.5, 0.6) is 0 Å². The lowest BCUT2D eigenvalue weighted by molar-refractivity contribution is -0.170. The van der Waals surface area contributed by atoms with Crippen LogP contribution < -0.4 is 5.73 Å². The van der Waals surface area contributed by atoms with Gasteiger partial charge < -0.3 is 10.8 Å². The Labute approximate surface area is 100 Å². The van der Waals surface area contributed by atoms with Gasteiger partial charge in [-0.15, -0.1) is 0 Å². The van der Waals surface area contributed by atoms with Crippen molar-refractivity contribution in [3.63, 3.8) is 0 Å². The van der Waals surface area contributed by atoms with Crippen molar-refractivity contribution in [1.29, 1.82) is 0 Å². The minimum absolute atomic E-state index is 0.328. The van der Waals surface area contributed by atoms with E-state index in [1.807, 2.05) is 0 Å². The van der Waals surface area contributed by atoms with E-state index in [0.717, 1.165) is 19.1 Å². The van der Waals surface area contributed by atoms with Crippen LogP contribution in [-0.4, -0.2) is 17.6 Å². The summed E-state index contributed by atoms with van der Waals surface area (Å²) in [4.78, 5) is 0. The highest BCUT2D eigenvalue weighted by molar-refractivity contribution is 5.30. The number of benzene rings is 1. The van der Waals surface area contributed by atoms with Crippen molar-refractivity contribution in [2.45, 2.75) is 24.6 Å². The zero-order chi connectivity index (χ0) is 14.2. The Kier molecular flexibility index (Phi) is 3.69. The molecule has 1 aromatic rings. The van der Waals surface area contributed by atoms with Gasteiger partial charge in [0.25, 0.3) is 5.92 Å². The molecule has 1 aromatic carbocycles. The summed E-state index contributed by atoms with van der Waals surface area (Å²) in [6.07, 6.45) is -4.55. The zero-order valence-electron chi connectivity index (χ0n) is 9.43. The summed E-state index contributed by atoms with van der Waals surface area (Å²) < 4.78 is 63.6. The Balaban J connectivity index is 3.13. The smallest absolute Gasteiger partial charge is 0.379 e. The summed E-state index contributed by atoms with van der Waals surface area (Å²) in [6, 6.07) is 2.89. The summed E-state index contributed by atoms with van der Waals surface area (Å²) in [7, 11) is 0. The SMILES string of the molecule is CC(O)(c1ccc(C(F)(F)F)cc1)C(F)(F)CN. The molecule has 0 aliphatic carbocycles. The molecule has 0 aliphatic heterocycles. The van der Waals surface area contributed by atoms with Gasteiger partial charge in [-0.25, -0.2) is 8.78 Å². The predicted octanol–water partition coefficient (Wildman–Crippen LogP) is 2.51. The van der Waals surface area contributed by atoms with E-state index in [0.29, 0.717) is 12.1 Å². The van der Waals surface area contributed by atoms with Crippen LogP contribution in [0.15, 0.2) is 24.3 Å². The van der Waals surface area contributed by atoms with Gasteiger partial charge in [-0.05, 0) is 24.6 Å². The molecule has 7 heteroatoms. The first-order valence-electron chi connectivity index (χ1n) is 5.00. The fraction of sp³-hybridized carbons (Fsp3) is 0.455. The molecular formula is C11H12F5NO. The van der Waals surface area contributed by atoms with Crippen molar-refractivity contribution >= 4 is 0 Å². The molecule has 0 aromatic heterocycles. The number of hydrogen-bond acceptors (Lipinski definition) is 2. The van der Waals surface area contributed by atoms with Gasteiger partial charge >= 0.3 is 6.18 Å². The predicted molar refractivity (Wildman–Crippen MR) is 55.0 cm³/mol. The number of alkyl halides is 5. The monoisotopic (exact) mass is 269 g/mol. The van der Waals surface area contributed by atoms with Gasteiger partial charge in [0.05, 0.1) is 12.1 Å². The third-order valence-electron chi connectivity index (χ3n) is 2.74. The Bertz CT molecular complexity index is 410. The number of hydrogen-bond donors (Lipinski definition) is 2. The van der Waals surface area contributed by atoms with Crippen LogP contribution >= 0.6 is 0 Å². The summed E-state index contributed by atoms with van der Waals surface area (Å²) in [5.41, 5.74) is 0.918. The molecule has 0 radical (unpaired) electrons. The molecule has 0 fully saturated rings. The topological polar surface area (TPSA) is 46.2 Å². The van der Waals surface area contributed by atoms with E-state index < -0.39 is 29.8 Å². The van der Waals surface area contributed by atoms with E-state index in [1.54, 1.807) is 0 Å². The number of aliphatic hydroxyl groups is 1. The second-order valence-electron chi connectivity index (χ2n) is 4.06. The largest absolute Gasteiger partial charge is 0.416 e. The van der Waals surface area contributed by atoms with Crippen LogP contribution in [0.4, 0.5) is 22.0 Å². The Morgan fingerprint density at radius 1 is 1.00 bits per heavy atom. The van der Waals surface area contributed by atoms with Crippen LogP contribution in [0.2, 0.25) is 0 Å². The minimum atomic E-state index is -4.55. The molecule has 0 heterocycles. The maximum absolute atomic E-state index is 13.4. The standard InChI is InChI=1S/C11H12F5NO/c1-9(18,10(12,13)6-17)7-2-4-8(5-3-7)11(14,15)16/h2-5,18H,6,17H2,1H3. The third kappa shape index (κ3) is 2.62. The molecule has 2 nitrogen and oxygen atoms in total. The first-order valence-corrected chi connectivity index (χ1v) is 5.00. The van der Waals surface area contributed by atoms with Gasteiger partial charge in [0, 0.05) is 0 Å². The Hall–Kier alpha value is -1.21. The lowest BCUT2D eigenvalue weighted by atomic mass is 9.88. The van der Waals surface area contributed by atoms with E-state index >= 15 is 0 Å². The molecule has 1 atom stereocenters. The number of halogens is 5. The van der Waals surface area contributed by atoms with Crippen molar-refractivity contribution in [1.82, 2.24) is 0 Å². The van der Waals surface area contributed by atoms with Crippen LogP contribution in [-0.2, 0) is 11.8 Å². The van der Waals surface area contributed by atoms with E-state index in [4.69, 9.17) is 5.73 Å². The van der Waals surface area contributed by atoms with Crippen molar-refractivity contribution in [3.8, 4) is 0 Å². The van der Waals surface area contributed by atoms with Crippen LogP contribution in [0.25, 0.3) is 0 Å². The zero-order valence-corrected chi connectivity index (χ0v) is 9.43. The molecule has 0 saturated heterocycles. The highest BCUT2D eigenvalue weighted by atomic mass is 19.4. The van der Waals surface area contributed by atoms with Gasteiger partial charge in [0.1, 0.15) is 0 Å². The molecule has 18 heavy (non-hydrogen) atoms. The van der Waals surface area contributed by atoms with Crippen molar-refractivity contribution in [2.75, 3.05) is 6.54 Å². The molecule has 3 N–H and O–H groups in total. The van der Waals surface area contributed by atoms with Crippen molar-refractivity contribution in [2.24, 2.45) is 5.73 Å². The van der Waals surface area contributed by atoms with Crippen LogP contribution in [0.1, 0.15) is 18.1 Å². The van der Waals surface area contributed by atoms with E-state index in [-0.39, 0.29) is 5.56 Å². The van der Waals surface area contributed by atoms with E-state index in [9.17, 15) is 27.1 Å². The van der Waals surface area contributed by atoms with Crippen LogP contribution in [0, 0.1) is 0 Å². The minimum Gasteiger partial charge on any atom is -0.379 e. The average Bonchev–Trinajstić information content (AvgIpc) is 2.27. The van der Waals surface area contributed by atoms with Gasteiger partial charge in [-0.2, -0.15) is 13.2 Å². The molecule has 102 valence electrons. The highest BCUT2D eigenvalue weighted by Crippen LogP contribution is 2.38. The summed E-state index contributed by atoms with van der Waals surface area (Å²) in [6.45, 7) is -0.302. The maximum Gasteiger partial charge on any atom is 0.416 e. The van der Waals surface area contributed by atoms with E-state index in [1.165, 1.54) is 0 Å². The number of rotatable bonds is 3. The summed E-state index contributed by atoms with van der Waals surface area (Å²) in [5, 5.41) is 9.70. The highest BCUT2D eigenvalue weighted by Gasteiger charge is 2.49. The molecule has 0 bridgehead atoms. The second kappa shape index (κ2) is 4.47. The lowest BCUT2D eigenvalue weighted by Crippen LogP contribution is -2.48. The fourth-order valence-corrected chi connectivity index (χ4v) is 1.39. The average molecular weight is 269 g/mol. The molecule has 0 aliphatic rings. The van der Waals surface area contributed by atoms with Crippen LogP contribution in [0.3, 0.4) is 0 Å². The molecule has 1 unspecified atom stereocenters. The molecular weight excluding hydrogens is 257 g/mol. The van der Waals surface area contributed by atoms with Gasteiger partial charge in [0.15, 0.2) is 5.60 Å². The first kappa shape index (κ1) is 14.8. The number of nitrogens with two attached hydrogens (primary N) is 1. The molecule has 0 saturated carbocycles. The van der Waals surface area contributed by atoms with Crippen molar-refractivity contribution < 1.29 is 27.1 Å². The summed E-state index contributed by atoms with van der Waals surface area (Å²) in [5.74, 6) is -3.63.